The summed E-state index contributed by atoms with van der Waals surface area (Å²) in [5.74, 6) is 0.375. The van der Waals surface area contributed by atoms with Crippen molar-refractivity contribution < 1.29 is 14.3 Å². The number of nitrogens with one attached hydrogen (secondary N) is 1. The molecule has 0 bridgehead atoms. The molecule has 1 N–H and O–H groups in total. The number of anilines is 1. The van der Waals surface area contributed by atoms with Crippen LogP contribution in [-0.4, -0.2) is 48.1 Å². The van der Waals surface area contributed by atoms with Gasteiger partial charge in [0.1, 0.15) is 0 Å². The van der Waals surface area contributed by atoms with Crippen molar-refractivity contribution in [2.24, 2.45) is 11.8 Å². The van der Waals surface area contributed by atoms with Crippen molar-refractivity contribution >= 4 is 28.6 Å². The molecule has 2 atom stereocenters. The van der Waals surface area contributed by atoms with E-state index < -0.39 is 0 Å². The van der Waals surface area contributed by atoms with E-state index in [-0.39, 0.29) is 24.0 Å². The fourth-order valence-electron chi connectivity index (χ4n) is 4.25. The molecular formula is C22H31N3O3. The minimum absolute atomic E-state index is 0.0809. The van der Waals surface area contributed by atoms with Crippen LogP contribution in [0, 0.1) is 11.8 Å². The Labute approximate surface area is 166 Å². The number of rotatable bonds is 5. The van der Waals surface area contributed by atoms with E-state index in [2.05, 4.69) is 31.8 Å². The summed E-state index contributed by atoms with van der Waals surface area (Å²) < 4.78 is 4.86. The molecule has 1 aromatic carbocycles. The van der Waals surface area contributed by atoms with E-state index in [0.29, 0.717) is 19.0 Å². The average Bonchev–Trinajstić information content (AvgIpc) is 3.15. The highest BCUT2D eigenvalue weighted by atomic mass is 16.5. The van der Waals surface area contributed by atoms with E-state index in [0.717, 1.165) is 35.9 Å². The Bertz CT molecular complexity index is 829. The number of fused-ring (bicyclic) bond motifs is 1. The lowest BCUT2D eigenvalue weighted by Crippen LogP contribution is -2.49. The number of amides is 2. The second-order valence-electron chi connectivity index (χ2n) is 8.19. The molecule has 0 aliphatic carbocycles. The van der Waals surface area contributed by atoms with Crippen LogP contribution in [0.4, 0.5) is 10.5 Å². The second-order valence-corrected chi connectivity index (χ2v) is 8.19. The number of aromatic amines is 1. The first-order valence-corrected chi connectivity index (χ1v) is 10.1. The Morgan fingerprint density at radius 2 is 2.07 bits per heavy atom. The van der Waals surface area contributed by atoms with E-state index in [1.54, 1.807) is 4.90 Å². The van der Waals surface area contributed by atoms with Crippen LogP contribution in [0.15, 0.2) is 30.5 Å². The average molecular weight is 386 g/mol. The molecule has 2 amide bonds. The summed E-state index contributed by atoms with van der Waals surface area (Å²) in [7, 11) is 1.39. The molecule has 0 spiro atoms. The van der Waals surface area contributed by atoms with Crippen molar-refractivity contribution in [3.63, 3.8) is 0 Å². The number of hydrogen-bond donors (Lipinski definition) is 1. The first-order valence-electron chi connectivity index (χ1n) is 10.1. The monoisotopic (exact) mass is 385 g/mol. The fourth-order valence-corrected chi connectivity index (χ4v) is 4.25. The third-order valence-electron chi connectivity index (χ3n) is 5.51. The molecule has 0 radical (unpaired) electrons. The molecular weight excluding hydrogens is 354 g/mol. The molecule has 2 aromatic rings. The second kappa shape index (κ2) is 8.67. The largest absolute Gasteiger partial charge is 0.453 e. The summed E-state index contributed by atoms with van der Waals surface area (Å²) in [6.07, 6.45) is 4.09. The van der Waals surface area contributed by atoms with Crippen molar-refractivity contribution in [1.29, 1.82) is 0 Å². The molecule has 0 saturated carbocycles. The number of H-pyrrole nitrogens is 1. The van der Waals surface area contributed by atoms with Crippen molar-refractivity contribution in [1.82, 2.24) is 9.88 Å². The van der Waals surface area contributed by atoms with Crippen molar-refractivity contribution in [3.8, 4) is 0 Å². The maximum absolute atomic E-state index is 13.6. The zero-order valence-corrected chi connectivity index (χ0v) is 17.3. The van der Waals surface area contributed by atoms with Gasteiger partial charge in [0, 0.05) is 41.9 Å². The van der Waals surface area contributed by atoms with Gasteiger partial charge < -0.3 is 19.5 Å². The topological polar surface area (TPSA) is 65.6 Å². The van der Waals surface area contributed by atoms with E-state index >= 15 is 0 Å². The molecule has 1 saturated heterocycles. The summed E-state index contributed by atoms with van der Waals surface area (Å²) in [6.45, 7) is 7.53. The van der Waals surface area contributed by atoms with Crippen molar-refractivity contribution in [2.45, 2.75) is 46.1 Å². The van der Waals surface area contributed by atoms with Gasteiger partial charge in [-0.3, -0.25) is 4.79 Å². The van der Waals surface area contributed by atoms with Crippen LogP contribution in [0.3, 0.4) is 0 Å². The van der Waals surface area contributed by atoms with Crippen LogP contribution in [-0.2, 0) is 9.53 Å². The molecule has 2 unspecified atom stereocenters. The van der Waals surface area contributed by atoms with Crippen LogP contribution < -0.4 is 4.90 Å². The number of piperidine rings is 1. The summed E-state index contributed by atoms with van der Waals surface area (Å²) in [6, 6.07) is 8.20. The van der Waals surface area contributed by atoms with Gasteiger partial charge in [-0.1, -0.05) is 13.8 Å². The summed E-state index contributed by atoms with van der Waals surface area (Å²) in [4.78, 5) is 32.3. The quantitative estimate of drug-likeness (QED) is 0.829. The summed E-state index contributed by atoms with van der Waals surface area (Å²) in [5, 5.41) is 1.09. The Hall–Kier alpha value is -2.50. The van der Waals surface area contributed by atoms with Crippen LogP contribution in [0.25, 0.3) is 10.9 Å². The molecule has 1 aromatic heterocycles. The number of ether oxygens (including phenoxy) is 1. The highest BCUT2D eigenvalue weighted by Crippen LogP contribution is 2.29. The SMILES string of the molecule is COC(=O)N1CCCC(C(=O)N(c2ccc3[nH]ccc3c2)C(C)CC(C)C)C1. The van der Waals surface area contributed by atoms with Gasteiger partial charge in [0.05, 0.1) is 13.0 Å². The Morgan fingerprint density at radius 3 is 2.79 bits per heavy atom. The summed E-state index contributed by atoms with van der Waals surface area (Å²) >= 11 is 0. The van der Waals surface area contributed by atoms with Crippen molar-refractivity contribution in [3.05, 3.63) is 30.5 Å². The van der Waals surface area contributed by atoms with Crippen LogP contribution in [0.2, 0.25) is 0 Å². The van der Waals surface area contributed by atoms with Gasteiger partial charge in [0.25, 0.3) is 0 Å². The van der Waals surface area contributed by atoms with E-state index in [9.17, 15) is 9.59 Å². The predicted octanol–water partition coefficient (Wildman–Crippen LogP) is 4.41. The van der Waals surface area contributed by atoms with E-state index in [1.807, 2.05) is 29.3 Å². The maximum atomic E-state index is 13.6. The lowest BCUT2D eigenvalue weighted by molar-refractivity contribution is -0.124. The molecule has 1 aliphatic heterocycles. The number of aromatic nitrogens is 1. The summed E-state index contributed by atoms with van der Waals surface area (Å²) in [5.41, 5.74) is 1.97. The maximum Gasteiger partial charge on any atom is 0.409 e. The first-order chi connectivity index (χ1) is 13.4. The van der Waals surface area contributed by atoms with E-state index in [4.69, 9.17) is 4.74 Å². The van der Waals surface area contributed by atoms with Gasteiger partial charge >= 0.3 is 6.09 Å². The predicted molar refractivity (Wildman–Crippen MR) is 111 cm³/mol. The lowest BCUT2D eigenvalue weighted by atomic mass is 9.94. The third kappa shape index (κ3) is 4.32. The number of hydrogen-bond acceptors (Lipinski definition) is 3. The number of carbonyl (C=O) groups is 2. The Kier molecular flexibility index (Phi) is 6.27. The molecule has 6 heteroatoms. The van der Waals surface area contributed by atoms with Crippen LogP contribution >= 0.6 is 0 Å². The van der Waals surface area contributed by atoms with Gasteiger partial charge in [0.15, 0.2) is 0 Å². The van der Waals surface area contributed by atoms with Gasteiger partial charge in [-0.2, -0.15) is 0 Å². The normalized spacial score (nSPS) is 18.3. The van der Waals surface area contributed by atoms with E-state index in [1.165, 1.54) is 7.11 Å². The van der Waals surface area contributed by atoms with Crippen LogP contribution in [0.1, 0.15) is 40.0 Å². The minimum Gasteiger partial charge on any atom is -0.453 e. The number of methoxy groups -OCH3 is 1. The van der Waals surface area contributed by atoms with Gasteiger partial charge in [-0.25, -0.2) is 4.79 Å². The molecule has 28 heavy (non-hydrogen) atoms. The smallest absolute Gasteiger partial charge is 0.409 e. The molecule has 1 aliphatic rings. The van der Waals surface area contributed by atoms with Crippen LogP contribution in [0.5, 0.6) is 0 Å². The van der Waals surface area contributed by atoms with Crippen molar-refractivity contribution in [2.75, 3.05) is 25.1 Å². The lowest BCUT2D eigenvalue weighted by Gasteiger charge is -2.37. The zero-order valence-electron chi connectivity index (χ0n) is 17.3. The minimum atomic E-state index is -0.354. The standard InChI is InChI=1S/C22H31N3O3/c1-15(2)12-16(3)25(19-7-8-20-17(13-19)9-10-23-20)21(26)18-6-5-11-24(14-18)22(27)28-4/h7-10,13,15-16,18,23H,5-6,11-12,14H2,1-4H3. The number of likely N-dealkylation sites (tertiary alicyclic amines) is 1. The zero-order chi connectivity index (χ0) is 20.3. The third-order valence-corrected chi connectivity index (χ3v) is 5.51. The Balaban J connectivity index is 1.89. The highest BCUT2D eigenvalue weighted by molar-refractivity contribution is 5.98. The molecule has 2 heterocycles. The first kappa shape index (κ1) is 20.2. The highest BCUT2D eigenvalue weighted by Gasteiger charge is 2.34. The fraction of sp³-hybridized carbons (Fsp3) is 0.545. The molecule has 152 valence electrons. The number of benzene rings is 1. The molecule has 3 rings (SSSR count). The number of carbonyl (C=O) groups excluding carboxylic acids is 2. The Morgan fingerprint density at radius 1 is 1.29 bits per heavy atom. The van der Waals surface area contributed by atoms with Gasteiger partial charge in [-0.05, 0) is 56.4 Å². The van der Waals surface area contributed by atoms with Gasteiger partial charge in [-0.15, -0.1) is 0 Å². The molecule has 6 nitrogen and oxygen atoms in total. The molecule has 1 fully saturated rings. The number of nitrogens with zero attached hydrogens (tertiary/aromatic N) is 2. The van der Waals surface area contributed by atoms with Gasteiger partial charge in [0.2, 0.25) is 5.91 Å².